The van der Waals surface area contributed by atoms with Crippen molar-refractivity contribution in [3.63, 3.8) is 0 Å². The highest BCUT2D eigenvalue weighted by Gasteiger charge is 2.24. The zero-order valence-electron chi connectivity index (χ0n) is 15.4. The van der Waals surface area contributed by atoms with Crippen molar-refractivity contribution < 1.29 is 9.59 Å². The lowest BCUT2D eigenvalue weighted by molar-refractivity contribution is -0.131. The Labute approximate surface area is 154 Å². The average Bonchev–Trinajstić information content (AvgIpc) is 2.68. The van der Waals surface area contributed by atoms with Gasteiger partial charge < -0.3 is 9.80 Å². The van der Waals surface area contributed by atoms with Crippen molar-refractivity contribution in [3.8, 4) is 0 Å². The Bertz CT molecular complexity index is 749. The Hall–Kier alpha value is -2.69. The van der Waals surface area contributed by atoms with Crippen LogP contribution < -0.4 is 0 Å². The minimum absolute atomic E-state index is 0.0190. The van der Waals surface area contributed by atoms with Crippen LogP contribution in [0.1, 0.15) is 41.3 Å². The van der Waals surface area contributed by atoms with Gasteiger partial charge in [-0.1, -0.05) is 38.1 Å². The van der Waals surface area contributed by atoms with Crippen LogP contribution >= 0.6 is 0 Å². The Morgan fingerprint density at radius 1 is 1.00 bits per heavy atom. The van der Waals surface area contributed by atoms with E-state index in [-0.39, 0.29) is 11.8 Å². The van der Waals surface area contributed by atoms with Crippen molar-refractivity contribution in [2.75, 3.05) is 26.2 Å². The molecule has 0 aliphatic carbocycles. The van der Waals surface area contributed by atoms with Crippen LogP contribution in [0.5, 0.6) is 0 Å². The molecule has 0 radical (unpaired) electrons. The van der Waals surface area contributed by atoms with Gasteiger partial charge in [0, 0.05) is 38.6 Å². The third-order valence-electron chi connectivity index (χ3n) is 4.83. The summed E-state index contributed by atoms with van der Waals surface area (Å²) in [6, 6.07) is 11.8. The second kappa shape index (κ2) is 8.13. The summed E-state index contributed by atoms with van der Waals surface area (Å²) >= 11 is 0. The Morgan fingerprint density at radius 2 is 1.65 bits per heavy atom. The lowest BCUT2D eigenvalue weighted by Gasteiger charge is -2.34. The Morgan fingerprint density at radius 3 is 2.23 bits per heavy atom. The molecule has 26 heavy (non-hydrogen) atoms. The van der Waals surface area contributed by atoms with Crippen molar-refractivity contribution in [2.45, 2.75) is 26.2 Å². The van der Waals surface area contributed by atoms with E-state index in [1.165, 1.54) is 5.56 Å². The number of aromatic nitrogens is 1. The molecule has 3 rings (SSSR count). The fraction of sp³-hybridized carbons (Fsp3) is 0.381. The van der Waals surface area contributed by atoms with E-state index in [2.05, 4.69) is 31.0 Å². The average molecular weight is 351 g/mol. The van der Waals surface area contributed by atoms with Gasteiger partial charge in [-0.15, -0.1) is 0 Å². The van der Waals surface area contributed by atoms with E-state index in [9.17, 15) is 9.59 Å². The van der Waals surface area contributed by atoms with Gasteiger partial charge in [-0.25, -0.2) is 0 Å². The minimum Gasteiger partial charge on any atom is -0.339 e. The van der Waals surface area contributed by atoms with Crippen molar-refractivity contribution in [1.29, 1.82) is 0 Å². The third kappa shape index (κ3) is 4.28. The Kier molecular flexibility index (Phi) is 5.66. The largest absolute Gasteiger partial charge is 0.339 e. The molecule has 5 heteroatoms. The van der Waals surface area contributed by atoms with Crippen LogP contribution in [0, 0.1) is 0 Å². The lowest BCUT2D eigenvalue weighted by atomic mass is 10.0. The fourth-order valence-electron chi connectivity index (χ4n) is 3.14. The van der Waals surface area contributed by atoms with Gasteiger partial charge in [0.05, 0.1) is 12.0 Å². The summed E-state index contributed by atoms with van der Waals surface area (Å²) in [5, 5.41) is 0. The van der Waals surface area contributed by atoms with Gasteiger partial charge in [-0.05, 0) is 29.2 Å². The highest BCUT2D eigenvalue weighted by atomic mass is 16.2. The van der Waals surface area contributed by atoms with E-state index in [0.717, 1.165) is 5.56 Å². The number of carbonyl (C=O) groups is 2. The first-order valence-corrected chi connectivity index (χ1v) is 9.10. The molecule has 0 atom stereocenters. The maximum absolute atomic E-state index is 12.5. The van der Waals surface area contributed by atoms with Crippen molar-refractivity contribution in [2.24, 2.45) is 0 Å². The van der Waals surface area contributed by atoms with Crippen molar-refractivity contribution in [3.05, 3.63) is 65.5 Å². The number of nitrogens with zero attached hydrogens (tertiary/aromatic N) is 3. The molecule has 1 fully saturated rings. The summed E-state index contributed by atoms with van der Waals surface area (Å²) < 4.78 is 0. The topological polar surface area (TPSA) is 53.5 Å². The molecule has 1 aromatic carbocycles. The molecule has 0 N–H and O–H groups in total. The molecule has 2 amide bonds. The first-order chi connectivity index (χ1) is 12.5. The fourth-order valence-corrected chi connectivity index (χ4v) is 3.14. The summed E-state index contributed by atoms with van der Waals surface area (Å²) in [7, 11) is 0. The first kappa shape index (κ1) is 18.1. The van der Waals surface area contributed by atoms with Crippen LogP contribution in [-0.4, -0.2) is 52.8 Å². The normalized spacial score (nSPS) is 14.6. The summed E-state index contributed by atoms with van der Waals surface area (Å²) in [6.45, 7) is 6.60. The highest BCUT2D eigenvalue weighted by Crippen LogP contribution is 2.16. The molecule has 1 aliphatic rings. The second-order valence-electron chi connectivity index (χ2n) is 6.99. The van der Waals surface area contributed by atoms with Gasteiger partial charge >= 0.3 is 0 Å². The molecule has 1 saturated heterocycles. The van der Waals surface area contributed by atoms with E-state index in [4.69, 9.17) is 0 Å². The molecule has 1 aliphatic heterocycles. The number of rotatable bonds is 4. The lowest BCUT2D eigenvalue weighted by Crippen LogP contribution is -2.51. The predicted octanol–water partition coefficient (Wildman–Crippen LogP) is 2.73. The molecule has 0 spiro atoms. The Balaban J connectivity index is 1.52. The van der Waals surface area contributed by atoms with Crippen LogP contribution in [0.3, 0.4) is 0 Å². The number of hydrogen-bond donors (Lipinski definition) is 0. The summed E-state index contributed by atoms with van der Waals surface area (Å²) in [6.07, 6.45) is 3.65. The molecule has 1 aromatic heterocycles. The summed E-state index contributed by atoms with van der Waals surface area (Å²) in [5.74, 6) is 0.593. The molecule has 136 valence electrons. The molecule has 0 saturated carbocycles. The zero-order chi connectivity index (χ0) is 18.5. The quantitative estimate of drug-likeness (QED) is 0.851. The first-order valence-electron chi connectivity index (χ1n) is 9.10. The van der Waals surface area contributed by atoms with Crippen molar-refractivity contribution in [1.82, 2.24) is 14.8 Å². The van der Waals surface area contributed by atoms with Crippen LogP contribution in [0.2, 0.25) is 0 Å². The number of pyridine rings is 1. The molecular weight excluding hydrogens is 326 g/mol. The monoisotopic (exact) mass is 351 g/mol. The van der Waals surface area contributed by atoms with Gasteiger partial charge in [-0.2, -0.15) is 0 Å². The summed E-state index contributed by atoms with van der Waals surface area (Å²) in [4.78, 5) is 32.6. The maximum Gasteiger partial charge on any atom is 0.255 e. The number of benzene rings is 1. The van der Waals surface area contributed by atoms with Crippen molar-refractivity contribution >= 4 is 11.8 Å². The third-order valence-corrected chi connectivity index (χ3v) is 4.83. The molecule has 2 heterocycles. The van der Waals surface area contributed by atoms with Crippen LogP contribution in [0.25, 0.3) is 0 Å². The molecule has 2 aromatic rings. The minimum atomic E-state index is -0.0190. The van der Waals surface area contributed by atoms with E-state index < -0.39 is 0 Å². The molecular formula is C21H25N3O2. The second-order valence-corrected chi connectivity index (χ2v) is 6.99. The summed E-state index contributed by atoms with van der Waals surface area (Å²) in [5.41, 5.74) is 2.91. The number of piperazine rings is 1. The van der Waals surface area contributed by atoms with Crippen LogP contribution in [0.15, 0.2) is 48.8 Å². The highest BCUT2D eigenvalue weighted by molar-refractivity contribution is 5.94. The van der Waals surface area contributed by atoms with Gasteiger partial charge in [0.2, 0.25) is 5.91 Å². The van der Waals surface area contributed by atoms with E-state index in [0.29, 0.717) is 44.1 Å². The van der Waals surface area contributed by atoms with Crippen LogP contribution in [-0.2, 0) is 11.2 Å². The standard InChI is InChI=1S/C21H25N3O2/c1-16(2)18-7-5-17(6-8-18)14-20(25)23-10-12-24(13-11-23)21(26)19-4-3-9-22-15-19/h3-9,15-16H,10-14H2,1-2H3. The number of amides is 2. The SMILES string of the molecule is CC(C)c1ccc(CC(=O)N2CCN(C(=O)c3cccnc3)CC2)cc1. The smallest absolute Gasteiger partial charge is 0.255 e. The van der Waals surface area contributed by atoms with Gasteiger partial charge in [-0.3, -0.25) is 14.6 Å². The van der Waals surface area contributed by atoms with E-state index >= 15 is 0 Å². The van der Waals surface area contributed by atoms with Gasteiger partial charge in [0.1, 0.15) is 0 Å². The van der Waals surface area contributed by atoms with Gasteiger partial charge in [0.25, 0.3) is 5.91 Å². The van der Waals surface area contributed by atoms with Crippen LogP contribution in [0.4, 0.5) is 0 Å². The molecule has 0 unspecified atom stereocenters. The predicted molar refractivity (Wildman–Crippen MR) is 101 cm³/mol. The van der Waals surface area contributed by atoms with E-state index in [1.54, 1.807) is 29.4 Å². The molecule has 5 nitrogen and oxygen atoms in total. The van der Waals surface area contributed by atoms with Gasteiger partial charge in [0.15, 0.2) is 0 Å². The zero-order valence-corrected chi connectivity index (χ0v) is 15.4. The maximum atomic E-state index is 12.5. The van der Waals surface area contributed by atoms with E-state index in [1.807, 2.05) is 17.0 Å². The number of hydrogen-bond acceptors (Lipinski definition) is 3. The number of carbonyl (C=O) groups excluding carboxylic acids is 2. The molecule has 0 bridgehead atoms.